The Morgan fingerprint density at radius 3 is 2.60 bits per heavy atom. The monoisotopic (exact) mass is 582 g/mol. The highest BCUT2D eigenvalue weighted by atomic mass is 35.5. The first-order chi connectivity index (χ1) is 19.2. The highest BCUT2D eigenvalue weighted by molar-refractivity contribution is 7.97. The highest BCUT2D eigenvalue weighted by Gasteiger charge is 2.28. The fourth-order valence-electron chi connectivity index (χ4n) is 5.14. The molecule has 1 amide bonds. The standard InChI is InChI=1S/C27H31ClN8O3S/c1-14-12-18(15(2)29-20-6-7-21(28)31-23(20)24(37)34-40-5)22-19(13-14)26(38)35(4)27(32-22)36-10-8-17(9-11-36)25-30-16(3)33-39-25/h6-7,12-13,15,17,29H,8-11H2,1-5H3,(H,34,37). The largest absolute Gasteiger partial charge is 0.377 e. The number of halogens is 1. The fraction of sp³-hybridized carbons (Fsp3) is 0.407. The number of piperidine rings is 1. The van der Waals surface area contributed by atoms with Crippen LogP contribution in [0.3, 0.4) is 0 Å². The Bertz CT molecular complexity index is 1630. The van der Waals surface area contributed by atoms with Gasteiger partial charge in [-0.3, -0.25) is 18.9 Å². The molecule has 5 rings (SSSR count). The molecule has 13 heteroatoms. The van der Waals surface area contributed by atoms with E-state index in [1.165, 1.54) is 11.9 Å². The van der Waals surface area contributed by atoms with Gasteiger partial charge in [0, 0.05) is 37.9 Å². The summed E-state index contributed by atoms with van der Waals surface area (Å²) in [5.41, 5.74) is 3.01. The number of carbonyl (C=O) groups excluding carboxylic acids is 1. The van der Waals surface area contributed by atoms with E-state index >= 15 is 0 Å². The lowest BCUT2D eigenvalue weighted by molar-refractivity contribution is 0.0980. The lowest BCUT2D eigenvalue weighted by Crippen LogP contribution is -2.37. The van der Waals surface area contributed by atoms with Gasteiger partial charge >= 0.3 is 0 Å². The second-order valence-electron chi connectivity index (χ2n) is 10.00. The maximum atomic E-state index is 13.6. The number of hydrogen-bond acceptors (Lipinski definition) is 10. The summed E-state index contributed by atoms with van der Waals surface area (Å²) in [4.78, 5) is 42.0. The van der Waals surface area contributed by atoms with Crippen molar-refractivity contribution in [2.24, 2.45) is 7.05 Å². The van der Waals surface area contributed by atoms with Crippen LogP contribution in [0.15, 0.2) is 33.6 Å². The van der Waals surface area contributed by atoms with Crippen LogP contribution in [0.1, 0.15) is 65.1 Å². The number of anilines is 2. The third-order valence-corrected chi connectivity index (χ3v) is 7.71. The molecule has 1 aromatic carbocycles. The number of amides is 1. The zero-order chi connectivity index (χ0) is 28.6. The Labute approximate surface area is 240 Å². The quantitative estimate of drug-likeness (QED) is 0.236. The Morgan fingerprint density at radius 2 is 1.93 bits per heavy atom. The van der Waals surface area contributed by atoms with Gasteiger partial charge in [-0.2, -0.15) is 4.98 Å². The van der Waals surface area contributed by atoms with Crippen LogP contribution in [0.2, 0.25) is 5.15 Å². The summed E-state index contributed by atoms with van der Waals surface area (Å²) in [6.07, 6.45) is 3.40. The number of aryl methyl sites for hydroxylation is 2. The number of pyridine rings is 1. The molecule has 1 aliphatic rings. The molecule has 0 radical (unpaired) electrons. The lowest BCUT2D eigenvalue weighted by atomic mass is 9.97. The van der Waals surface area contributed by atoms with Crippen molar-refractivity contribution in [1.29, 1.82) is 0 Å². The van der Waals surface area contributed by atoms with E-state index in [0.29, 0.717) is 47.3 Å². The van der Waals surface area contributed by atoms with Crippen molar-refractivity contribution < 1.29 is 9.32 Å². The van der Waals surface area contributed by atoms with Crippen molar-refractivity contribution in [3.63, 3.8) is 0 Å². The number of nitrogens with one attached hydrogen (secondary N) is 2. The smallest absolute Gasteiger partial charge is 0.281 e. The molecule has 0 bridgehead atoms. The number of fused-ring (bicyclic) bond motifs is 1. The molecule has 0 saturated carbocycles. The van der Waals surface area contributed by atoms with Crippen LogP contribution in [0.5, 0.6) is 0 Å². The summed E-state index contributed by atoms with van der Waals surface area (Å²) in [6.45, 7) is 7.15. The number of rotatable bonds is 7. The van der Waals surface area contributed by atoms with Crippen molar-refractivity contribution in [2.45, 2.75) is 45.6 Å². The van der Waals surface area contributed by atoms with Gasteiger partial charge in [0.25, 0.3) is 11.5 Å². The van der Waals surface area contributed by atoms with Gasteiger partial charge in [0.2, 0.25) is 11.8 Å². The summed E-state index contributed by atoms with van der Waals surface area (Å²) in [5.74, 6) is 1.74. The maximum Gasteiger partial charge on any atom is 0.281 e. The van der Waals surface area contributed by atoms with E-state index in [-0.39, 0.29) is 34.3 Å². The number of carbonyl (C=O) groups is 1. The minimum Gasteiger partial charge on any atom is -0.377 e. The van der Waals surface area contributed by atoms with Gasteiger partial charge in [-0.05, 0) is 57.4 Å². The molecule has 1 fully saturated rings. The second kappa shape index (κ2) is 11.5. The predicted octanol–water partition coefficient (Wildman–Crippen LogP) is 4.55. The van der Waals surface area contributed by atoms with Gasteiger partial charge in [0.15, 0.2) is 11.5 Å². The molecule has 210 valence electrons. The highest BCUT2D eigenvalue weighted by Crippen LogP contribution is 2.32. The lowest BCUT2D eigenvalue weighted by Gasteiger charge is -2.32. The molecule has 0 spiro atoms. The Balaban J connectivity index is 1.49. The molecule has 11 nitrogen and oxygen atoms in total. The van der Waals surface area contributed by atoms with E-state index in [1.54, 1.807) is 30.0 Å². The average Bonchev–Trinajstić information content (AvgIpc) is 3.38. The van der Waals surface area contributed by atoms with Crippen molar-refractivity contribution in [2.75, 3.05) is 29.6 Å². The van der Waals surface area contributed by atoms with Crippen LogP contribution in [0.25, 0.3) is 10.9 Å². The van der Waals surface area contributed by atoms with Crippen LogP contribution < -0.4 is 20.5 Å². The third-order valence-electron chi connectivity index (χ3n) is 7.11. The molecular weight excluding hydrogens is 552 g/mol. The predicted molar refractivity (Wildman–Crippen MR) is 157 cm³/mol. The Hall–Kier alpha value is -3.64. The van der Waals surface area contributed by atoms with Gasteiger partial charge in [-0.25, -0.2) is 9.97 Å². The molecule has 0 aliphatic carbocycles. The van der Waals surface area contributed by atoms with Crippen molar-refractivity contribution in [3.8, 4) is 0 Å². The van der Waals surface area contributed by atoms with Gasteiger partial charge in [0.05, 0.1) is 22.6 Å². The van der Waals surface area contributed by atoms with Crippen LogP contribution in [0, 0.1) is 13.8 Å². The molecule has 4 heterocycles. The van der Waals surface area contributed by atoms with E-state index in [9.17, 15) is 9.59 Å². The van der Waals surface area contributed by atoms with E-state index in [4.69, 9.17) is 21.1 Å². The molecular formula is C27H31ClN8O3S. The van der Waals surface area contributed by atoms with E-state index < -0.39 is 0 Å². The molecule has 4 aromatic rings. The van der Waals surface area contributed by atoms with E-state index in [1.807, 2.05) is 32.9 Å². The molecule has 40 heavy (non-hydrogen) atoms. The summed E-state index contributed by atoms with van der Waals surface area (Å²) in [7, 11) is 1.76. The molecule has 1 atom stereocenters. The van der Waals surface area contributed by atoms with Crippen LogP contribution in [0.4, 0.5) is 11.6 Å². The Kier molecular flexibility index (Phi) is 7.99. The number of aromatic nitrogens is 5. The zero-order valence-corrected chi connectivity index (χ0v) is 24.6. The summed E-state index contributed by atoms with van der Waals surface area (Å²) in [5, 5.41) is 8.08. The molecule has 3 aromatic heterocycles. The SMILES string of the molecule is CSNC(=O)c1nc(Cl)ccc1NC(C)c1cc(C)cc2c(=O)n(C)c(N3CCC(c4nc(C)no4)CC3)nc12. The topological polar surface area (TPSA) is 131 Å². The van der Waals surface area contributed by atoms with Crippen molar-refractivity contribution in [1.82, 2.24) is 29.4 Å². The fourth-order valence-corrected chi connectivity index (χ4v) is 5.57. The van der Waals surface area contributed by atoms with E-state index in [2.05, 4.69) is 30.1 Å². The van der Waals surface area contributed by atoms with Crippen LogP contribution in [-0.2, 0) is 7.05 Å². The summed E-state index contributed by atoms with van der Waals surface area (Å²) < 4.78 is 9.71. The first-order valence-corrected chi connectivity index (χ1v) is 14.6. The van der Waals surface area contributed by atoms with Gasteiger partial charge in [-0.1, -0.05) is 34.8 Å². The minimum absolute atomic E-state index is 0.111. The number of hydrogen-bond donors (Lipinski definition) is 2. The maximum absolute atomic E-state index is 13.6. The van der Waals surface area contributed by atoms with Gasteiger partial charge < -0.3 is 14.7 Å². The minimum atomic E-state index is -0.354. The number of nitrogens with zero attached hydrogens (tertiary/aromatic N) is 6. The average molecular weight is 583 g/mol. The summed E-state index contributed by atoms with van der Waals surface area (Å²) >= 11 is 7.27. The van der Waals surface area contributed by atoms with Crippen molar-refractivity contribution >= 4 is 52.0 Å². The van der Waals surface area contributed by atoms with Crippen LogP contribution in [-0.4, -0.2) is 49.9 Å². The molecule has 2 N–H and O–H groups in total. The van der Waals surface area contributed by atoms with E-state index in [0.717, 1.165) is 24.0 Å². The zero-order valence-electron chi connectivity index (χ0n) is 23.0. The summed E-state index contributed by atoms with van der Waals surface area (Å²) in [6, 6.07) is 6.95. The number of benzene rings is 1. The first kappa shape index (κ1) is 27.9. The Morgan fingerprint density at radius 1 is 1.18 bits per heavy atom. The second-order valence-corrected chi connectivity index (χ2v) is 11.0. The normalized spacial score (nSPS) is 14.9. The molecule has 1 saturated heterocycles. The van der Waals surface area contributed by atoms with Gasteiger partial charge in [0.1, 0.15) is 5.15 Å². The third kappa shape index (κ3) is 5.50. The van der Waals surface area contributed by atoms with Crippen LogP contribution >= 0.6 is 23.5 Å². The molecule has 1 aliphatic heterocycles. The molecule has 1 unspecified atom stereocenters. The van der Waals surface area contributed by atoms with Gasteiger partial charge in [-0.15, -0.1) is 0 Å². The first-order valence-electron chi connectivity index (χ1n) is 13.0. The van der Waals surface area contributed by atoms with Crippen molar-refractivity contribution in [3.05, 3.63) is 68.3 Å².